The van der Waals surface area contributed by atoms with Crippen molar-refractivity contribution in [2.24, 2.45) is 13.0 Å². The largest absolute Gasteiger partial charge is 0.469 e. The van der Waals surface area contributed by atoms with Crippen molar-refractivity contribution in [3.8, 4) is 0 Å². The van der Waals surface area contributed by atoms with Crippen LogP contribution in [0.3, 0.4) is 0 Å². The van der Waals surface area contributed by atoms with Gasteiger partial charge in [0.25, 0.3) is 5.91 Å². The molecule has 2 fully saturated rings. The molecule has 1 amide bonds. The smallest absolute Gasteiger partial charge is 0.330 e. The predicted molar refractivity (Wildman–Crippen MR) is 149 cm³/mol. The van der Waals surface area contributed by atoms with E-state index >= 15 is 8.78 Å². The number of nitrogens with zero attached hydrogens (tertiary/aromatic N) is 2. The third-order valence-corrected chi connectivity index (χ3v) is 8.18. The number of aryl methyl sites for hydroxylation is 1. The number of alkyl halides is 1. The molecule has 1 aliphatic heterocycles. The molecule has 0 radical (unpaired) electrons. The van der Waals surface area contributed by atoms with E-state index in [2.05, 4.69) is 5.32 Å². The number of ether oxygens (including phenoxy) is 2. The molecular formula is C31H35F2N3O5. The molecule has 10 heteroatoms. The zero-order valence-corrected chi connectivity index (χ0v) is 23.3. The van der Waals surface area contributed by atoms with Crippen LogP contribution < -0.4 is 5.32 Å². The predicted octanol–water partition coefficient (Wildman–Crippen LogP) is 5.15. The highest BCUT2D eigenvalue weighted by Gasteiger charge is 2.48. The molecule has 1 unspecified atom stereocenters. The number of carbonyl (C=O) groups excluding carboxylic acids is 3. The number of ketones is 1. The van der Waals surface area contributed by atoms with Gasteiger partial charge in [0.15, 0.2) is 0 Å². The zero-order valence-electron chi connectivity index (χ0n) is 23.3. The Balaban J connectivity index is 1.27. The van der Waals surface area contributed by atoms with Crippen molar-refractivity contribution in [1.29, 1.82) is 0 Å². The standard InChI is InChI=1S/C31H35F2N3O5/c1-35-19-24(23-7-3-4-8-27(23)35)29(38)34-26-14-9-20(17-25(26)32)18-28(37)31(33,36-15-5-6-16-36)41-22-12-10-21(11-13-22)30(39)40-2/h3-4,7-9,14,17,19,21-22H,5-6,10-13,15-16,18H2,1-2H3,(H,34,38)/t21-,22-,31?. The molecule has 218 valence electrons. The Morgan fingerprint density at radius 2 is 1.76 bits per heavy atom. The van der Waals surface area contributed by atoms with Gasteiger partial charge in [-0.25, -0.2) is 9.29 Å². The number of amides is 1. The van der Waals surface area contributed by atoms with E-state index in [9.17, 15) is 14.4 Å². The lowest BCUT2D eigenvalue weighted by Gasteiger charge is -2.37. The highest BCUT2D eigenvalue weighted by molar-refractivity contribution is 6.13. The SMILES string of the molecule is COC(=O)[C@H]1CC[C@H](OC(F)(C(=O)Cc2ccc(NC(=O)c3cn(C)c4ccccc34)c(F)c2)N2CCCC2)CC1. The van der Waals surface area contributed by atoms with Gasteiger partial charge in [-0.05, 0) is 62.3 Å². The molecule has 8 nitrogen and oxygen atoms in total. The van der Waals surface area contributed by atoms with Crippen LogP contribution >= 0.6 is 0 Å². The second kappa shape index (κ2) is 12.1. The highest BCUT2D eigenvalue weighted by atomic mass is 19.2. The van der Waals surface area contributed by atoms with Gasteiger partial charge in [-0.2, -0.15) is 4.39 Å². The van der Waals surface area contributed by atoms with E-state index in [1.54, 1.807) is 6.20 Å². The van der Waals surface area contributed by atoms with E-state index in [0.717, 1.165) is 29.8 Å². The lowest BCUT2D eigenvalue weighted by atomic mass is 9.87. The summed E-state index contributed by atoms with van der Waals surface area (Å²) in [6, 6.07) is 11.4. The summed E-state index contributed by atoms with van der Waals surface area (Å²) in [5.74, 6) is -5.17. The summed E-state index contributed by atoms with van der Waals surface area (Å²) in [6.07, 6.45) is 4.16. The quantitative estimate of drug-likeness (QED) is 0.284. The van der Waals surface area contributed by atoms with Crippen molar-refractivity contribution in [1.82, 2.24) is 9.47 Å². The number of para-hydroxylation sites is 1. The molecule has 2 heterocycles. The van der Waals surface area contributed by atoms with Crippen LogP contribution in [0.2, 0.25) is 0 Å². The van der Waals surface area contributed by atoms with Gasteiger partial charge in [0.05, 0.1) is 30.4 Å². The first-order valence-corrected chi connectivity index (χ1v) is 14.1. The first-order chi connectivity index (χ1) is 19.7. The molecule has 0 bridgehead atoms. The number of hydrogen-bond acceptors (Lipinski definition) is 6. The molecule has 3 aromatic rings. The average molecular weight is 568 g/mol. The van der Waals surface area contributed by atoms with Crippen molar-refractivity contribution in [3.05, 3.63) is 65.6 Å². The first kappa shape index (κ1) is 28.9. The Labute approximate surface area is 237 Å². The summed E-state index contributed by atoms with van der Waals surface area (Å²) in [5.41, 5.74) is 1.52. The van der Waals surface area contributed by atoms with Gasteiger partial charge in [0.2, 0.25) is 5.78 Å². The van der Waals surface area contributed by atoms with Crippen LogP contribution in [0.15, 0.2) is 48.7 Å². The normalized spacial score (nSPS) is 21.0. The molecule has 1 aliphatic carbocycles. The van der Waals surface area contributed by atoms with Crippen molar-refractivity contribution in [2.45, 2.75) is 57.0 Å². The van der Waals surface area contributed by atoms with E-state index < -0.39 is 29.6 Å². The number of hydrogen-bond donors (Lipinski definition) is 1. The van der Waals surface area contributed by atoms with Crippen molar-refractivity contribution >= 4 is 34.3 Å². The second-order valence-corrected chi connectivity index (χ2v) is 10.9. The number of halogens is 2. The number of rotatable bonds is 9. The van der Waals surface area contributed by atoms with E-state index in [4.69, 9.17) is 9.47 Å². The minimum atomic E-state index is -2.64. The van der Waals surface area contributed by atoms with E-state index in [-0.39, 0.29) is 29.6 Å². The molecule has 41 heavy (non-hydrogen) atoms. The molecule has 0 spiro atoms. The molecule has 2 aromatic carbocycles. The number of likely N-dealkylation sites (tertiary alicyclic amines) is 1. The monoisotopic (exact) mass is 567 g/mol. The number of Topliss-reactive ketones (excluding diaryl/α,β-unsaturated/α-hetero) is 1. The van der Waals surface area contributed by atoms with E-state index in [1.807, 2.05) is 35.9 Å². The molecule has 1 N–H and O–H groups in total. The molecule has 1 saturated heterocycles. The van der Waals surface area contributed by atoms with Crippen molar-refractivity contribution in [2.75, 3.05) is 25.5 Å². The number of anilines is 1. The number of aromatic nitrogens is 1. The lowest BCUT2D eigenvalue weighted by molar-refractivity contribution is -0.252. The summed E-state index contributed by atoms with van der Waals surface area (Å²) in [4.78, 5) is 39.6. The minimum Gasteiger partial charge on any atom is -0.469 e. The Morgan fingerprint density at radius 1 is 1.05 bits per heavy atom. The number of fused-ring (bicyclic) bond motifs is 1. The van der Waals surface area contributed by atoms with Gasteiger partial charge < -0.3 is 19.4 Å². The van der Waals surface area contributed by atoms with Gasteiger partial charge >= 0.3 is 11.9 Å². The summed E-state index contributed by atoms with van der Waals surface area (Å²) in [6.45, 7) is 0.764. The number of esters is 1. The van der Waals surface area contributed by atoms with Gasteiger partial charge in [-0.1, -0.05) is 24.3 Å². The molecule has 1 aromatic heterocycles. The topological polar surface area (TPSA) is 89.9 Å². The Bertz CT molecular complexity index is 1440. The summed E-state index contributed by atoms with van der Waals surface area (Å²) in [5, 5.41) is 3.35. The van der Waals surface area contributed by atoms with E-state index in [0.29, 0.717) is 44.3 Å². The van der Waals surface area contributed by atoms with Crippen LogP contribution in [0.25, 0.3) is 10.9 Å². The number of benzene rings is 2. The van der Waals surface area contributed by atoms with Crippen LogP contribution in [0.4, 0.5) is 14.5 Å². The lowest BCUT2D eigenvalue weighted by Crippen LogP contribution is -2.54. The fraction of sp³-hybridized carbons (Fsp3) is 0.452. The third kappa shape index (κ3) is 6.04. The van der Waals surface area contributed by atoms with Gasteiger partial charge in [-0.3, -0.25) is 14.4 Å². The average Bonchev–Trinajstić information content (AvgIpc) is 3.64. The van der Waals surface area contributed by atoms with Crippen molar-refractivity contribution < 1.29 is 32.6 Å². The Kier molecular flexibility index (Phi) is 8.51. The molecule has 2 aliphatic rings. The fourth-order valence-corrected chi connectivity index (χ4v) is 5.90. The van der Waals surface area contributed by atoms with Crippen LogP contribution in [-0.2, 0) is 32.5 Å². The Morgan fingerprint density at radius 3 is 2.44 bits per heavy atom. The fourth-order valence-electron chi connectivity index (χ4n) is 5.90. The summed E-state index contributed by atoms with van der Waals surface area (Å²) >= 11 is 0. The Hall–Kier alpha value is -3.63. The first-order valence-electron chi connectivity index (χ1n) is 14.1. The van der Waals surface area contributed by atoms with E-state index in [1.165, 1.54) is 24.1 Å². The number of carbonyl (C=O) groups is 3. The summed E-state index contributed by atoms with van der Waals surface area (Å²) < 4.78 is 44.1. The van der Waals surface area contributed by atoms with Crippen LogP contribution in [0.5, 0.6) is 0 Å². The maximum Gasteiger partial charge on any atom is 0.330 e. The molecule has 1 saturated carbocycles. The van der Waals surface area contributed by atoms with Crippen LogP contribution in [0, 0.1) is 11.7 Å². The molecule has 5 rings (SSSR count). The number of methoxy groups -OCH3 is 1. The van der Waals surface area contributed by atoms with Gasteiger partial charge in [0.1, 0.15) is 5.82 Å². The summed E-state index contributed by atoms with van der Waals surface area (Å²) in [7, 11) is 3.17. The van der Waals surface area contributed by atoms with Gasteiger partial charge in [-0.15, -0.1) is 0 Å². The van der Waals surface area contributed by atoms with Crippen LogP contribution in [-0.4, -0.2) is 59.4 Å². The van der Waals surface area contributed by atoms with Crippen LogP contribution in [0.1, 0.15) is 54.4 Å². The maximum absolute atomic E-state index is 16.5. The molecule has 1 atom stereocenters. The highest BCUT2D eigenvalue weighted by Crippen LogP contribution is 2.35. The third-order valence-electron chi connectivity index (χ3n) is 8.18. The van der Waals surface area contributed by atoms with Crippen molar-refractivity contribution in [3.63, 3.8) is 0 Å². The minimum absolute atomic E-state index is 0.0381. The molecular weight excluding hydrogens is 532 g/mol. The maximum atomic E-state index is 16.5. The zero-order chi connectivity index (χ0) is 29.1. The number of nitrogens with one attached hydrogen (secondary N) is 1. The van der Waals surface area contributed by atoms with Gasteiger partial charge in [0, 0.05) is 43.7 Å². The second-order valence-electron chi connectivity index (χ2n) is 10.9.